The first-order valence-electron chi connectivity index (χ1n) is 8.74. The number of carbonyl (C=O) groups is 1. The van der Waals surface area contributed by atoms with Gasteiger partial charge < -0.3 is 10.3 Å². The number of aromatic amines is 1. The largest absolute Gasteiger partial charge is 0.366 e. The Labute approximate surface area is 158 Å². The van der Waals surface area contributed by atoms with Crippen LogP contribution < -0.4 is 21.6 Å². The molecule has 0 bridgehead atoms. The highest BCUT2D eigenvalue weighted by Crippen LogP contribution is 2.05. The molecule has 0 aliphatic heterocycles. The van der Waals surface area contributed by atoms with Crippen LogP contribution in [0.2, 0.25) is 0 Å². The number of hydrazine groups is 1. The van der Waals surface area contributed by atoms with Crippen LogP contribution in [0, 0.1) is 0 Å². The molecule has 1 aromatic carbocycles. The summed E-state index contributed by atoms with van der Waals surface area (Å²) in [4.78, 5) is 27.6. The Morgan fingerprint density at radius 3 is 2.58 bits per heavy atom. The van der Waals surface area contributed by atoms with Gasteiger partial charge in [0.05, 0.1) is 0 Å². The van der Waals surface area contributed by atoms with E-state index in [0.717, 1.165) is 31.4 Å². The van der Waals surface area contributed by atoms with E-state index >= 15 is 0 Å². The van der Waals surface area contributed by atoms with Crippen LogP contribution in [0.1, 0.15) is 48.5 Å². The molecule has 6 nitrogen and oxygen atoms in total. The molecule has 0 spiro atoms. The van der Waals surface area contributed by atoms with E-state index in [1.807, 2.05) is 30.3 Å². The number of para-hydroxylation sites is 1. The number of amides is 1. The highest BCUT2D eigenvalue weighted by atomic mass is 32.1. The lowest BCUT2D eigenvalue weighted by atomic mass is 10.1. The van der Waals surface area contributed by atoms with Gasteiger partial charge in [-0.3, -0.25) is 20.4 Å². The topological polar surface area (TPSA) is 86.0 Å². The van der Waals surface area contributed by atoms with Crippen molar-refractivity contribution in [3.8, 4) is 0 Å². The van der Waals surface area contributed by atoms with Gasteiger partial charge in [0.2, 0.25) is 0 Å². The van der Waals surface area contributed by atoms with Gasteiger partial charge in [0.15, 0.2) is 10.5 Å². The maximum atomic E-state index is 12.5. The van der Waals surface area contributed by atoms with Crippen LogP contribution in [0.5, 0.6) is 0 Å². The second kappa shape index (κ2) is 10.4. The molecule has 0 fully saturated rings. The number of thiocarbonyl (C=S) groups is 1. The predicted molar refractivity (Wildman–Crippen MR) is 108 cm³/mol. The van der Waals surface area contributed by atoms with Crippen LogP contribution in [-0.2, 0) is 6.42 Å². The minimum Gasteiger partial charge on any atom is -0.366 e. The normalized spacial score (nSPS) is 10.2. The maximum absolute atomic E-state index is 12.5. The lowest BCUT2D eigenvalue weighted by Gasteiger charge is -2.11. The molecule has 4 N–H and O–H groups in total. The number of hydrogen-bond donors (Lipinski definition) is 4. The molecule has 7 heteroatoms. The molecule has 1 heterocycles. The average molecular weight is 372 g/mol. The van der Waals surface area contributed by atoms with Crippen LogP contribution in [0.3, 0.4) is 0 Å². The molecule has 0 radical (unpaired) electrons. The molecule has 1 aromatic heterocycles. The summed E-state index contributed by atoms with van der Waals surface area (Å²) in [5.74, 6) is -0.529. The third-order valence-corrected chi connectivity index (χ3v) is 4.09. The van der Waals surface area contributed by atoms with E-state index in [1.54, 1.807) is 6.20 Å². The molecule has 1 amide bonds. The zero-order valence-corrected chi connectivity index (χ0v) is 15.6. The molecule has 2 rings (SSSR count). The van der Waals surface area contributed by atoms with E-state index in [1.165, 1.54) is 6.20 Å². The zero-order chi connectivity index (χ0) is 18.8. The van der Waals surface area contributed by atoms with E-state index < -0.39 is 5.91 Å². The first-order chi connectivity index (χ1) is 12.6. The Morgan fingerprint density at radius 2 is 1.85 bits per heavy atom. The van der Waals surface area contributed by atoms with Crippen molar-refractivity contribution < 1.29 is 4.79 Å². The average Bonchev–Trinajstić information content (AvgIpc) is 2.65. The molecule has 0 saturated heterocycles. The summed E-state index contributed by atoms with van der Waals surface area (Å²) in [5.41, 5.74) is 6.29. The van der Waals surface area contributed by atoms with E-state index in [0.29, 0.717) is 12.0 Å². The molecule has 0 unspecified atom stereocenters. The van der Waals surface area contributed by atoms with Gasteiger partial charge in [-0.2, -0.15) is 0 Å². The number of aromatic nitrogens is 1. The number of benzene rings is 1. The van der Waals surface area contributed by atoms with E-state index in [4.69, 9.17) is 12.2 Å². The summed E-state index contributed by atoms with van der Waals surface area (Å²) in [5, 5.41) is 3.17. The molecular formula is C19H24N4O2S. The van der Waals surface area contributed by atoms with Crippen LogP contribution >= 0.6 is 12.2 Å². The first kappa shape index (κ1) is 19.7. The Bertz CT molecular complexity index is 790. The third kappa shape index (κ3) is 6.00. The molecule has 0 saturated carbocycles. The predicted octanol–water partition coefficient (Wildman–Crippen LogP) is 3.13. The van der Waals surface area contributed by atoms with Crippen molar-refractivity contribution >= 4 is 28.9 Å². The number of hydrogen-bond acceptors (Lipinski definition) is 3. The van der Waals surface area contributed by atoms with Gasteiger partial charge in [-0.05, 0) is 37.2 Å². The Hall–Kier alpha value is -2.67. The highest BCUT2D eigenvalue weighted by Gasteiger charge is 2.13. The molecular weight excluding hydrogens is 348 g/mol. The fourth-order valence-electron chi connectivity index (χ4n) is 2.49. The van der Waals surface area contributed by atoms with Gasteiger partial charge in [0.1, 0.15) is 5.56 Å². The maximum Gasteiger partial charge on any atom is 0.275 e. The number of rotatable bonds is 7. The molecule has 26 heavy (non-hydrogen) atoms. The van der Waals surface area contributed by atoms with Gasteiger partial charge in [-0.15, -0.1) is 0 Å². The number of anilines is 1. The standard InChI is InChI=1S/C19H24N4O2S/c1-2-3-4-6-9-14-12-20-13-16(17(14)24)18(25)22-23-19(26)21-15-10-7-5-8-11-15/h5,7-8,10-13H,2-4,6,9H2,1H3,(H,20,24)(H,22,25)(H2,21,23,26). The van der Waals surface area contributed by atoms with Crippen molar-refractivity contribution in [2.45, 2.75) is 39.0 Å². The van der Waals surface area contributed by atoms with Gasteiger partial charge in [0, 0.05) is 23.6 Å². The summed E-state index contributed by atoms with van der Waals surface area (Å²) in [6.45, 7) is 2.14. The first-order valence-corrected chi connectivity index (χ1v) is 9.15. The minimum absolute atomic E-state index is 0.0630. The van der Waals surface area contributed by atoms with Gasteiger partial charge >= 0.3 is 0 Å². The number of pyridine rings is 1. The highest BCUT2D eigenvalue weighted by molar-refractivity contribution is 7.80. The Morgan fingerprint density at radius 1 is 1.08 bits per heavy atom. The second-order valence-electron chi connectivity index (χ2n) is 5.93. The number of aryl methyl sites for hydroxylation is 1. The number of H-pyrrole nitrogens is 1. The van der Waals surface area contributed by atoms with E-state index in [-0.39, 0.29) is 16.1 Å². The quantitative estimate of drug-likeness (QED) is 0.341. The smallest absolute Gasteiger partial charge is 0.275 e. The molecule has 0 atom stereocenters. The molecule has 2 aromatic rings. The summed E-state index contributed by atoms with van der Waals surface area (Å²) in [7, 11) is 0. The van der Waals surface area contributed by atoms with Crippen LogP contribution in [-0.4, -0.2) is 16.0 Å². The van der Waals surface area contributed by atoms with Crippen molar-refractivity contribution in [3.05, 3.63) is 64.1 Å². The lowest BCUT2D eigenvalue weighted by molar-refractivity contribution is 0.0942. The van der Waals surface area contributed by atoms with Crippen molar-refractivity contribution in [2.24, 2.45) is 0 Å². The van der Waals surface area contributed by atoms with Crippen molar-refractivity contribution in [1.82, 2.24) is 15.8 Å². The fourth-order valence-corrected chi connectivity index (χ4v) is 2.66. The van der Waals surface area contributed by atoms with Crippen LogP contribution in [0.25, 0.3) is 0 Å². The van der Waals surface area contributed by atoms with Gasteiger partial charge in [-0.25, -0.2) is 0 Å². The molecule has 0 aliphatic rings. The van der Waals surface area contributed by atoms with Gasteiger partial charge in [0.25, 0.3) is 5.91 Å². The summed E-state index contributed by atoms with van der Waals surface area (Å²) >= 11 is 5.12. The number of carbonyl (C=O) groups excluding carboxylic acids is 1. The van der Waals surface area contributed by atoms with Crippen LogP contribution in [0.4, 0.5) is 5.69 Å². The third-order valence-electron chi connectivity index (χ3n) is 3.89. The monoisotopic (exact) mass is 372 g/mol. The SMILES string of the molecule is CCCCCCc1c[nH]cc(C(=O)NNC(=S)Nc2ccccc2)c1=O. The van der Waals surface area contributed by atoms with Crippen molar-refractivity contribution in [3.63, 3.8) is 0 Å². The zero-order valence-electron chi connectivity index (χ0n) is 14.8. The summed E-state index contributed by atoms with van der Waals surface area (Å²) in [6.07, 6.45) is 8.04. The second-order valence-corrected chi connectivity index (χ2v) is 6.34. The van der Waals surface area contributed by atoms with Gasteiger partial charge in [-0.1, -0.05) is 44.4 Å². The van der Waals surface area contributed by atoms with E-state index in [2.05, 4.69) is 28.1 Å². The Balaban J connectivity index is 1.90. The number of unbranched alkanes of at least 4 members (excludes halogenated alkanes) is 3. The summed E-state index contributed by atoms with van der Waals surface area (Å²) < 4.78 is 0. The summed E-state index contributed by atoms with van der Waals surface area (Å²) in [6, 6.07) is 9.33. The fraction of sp³-hybridized carbons (Fsp3) is 0.316. The van der Waals surface area contributed by atoms with E-state index in [9.17, 15) is 9.59 Å². The minimum atomic E-state index is -0.529. The Kier molecular flexibility index (Phi) is 7.82. The van der Waals surface area contributed by atoms with Crippen molar-refractivity contribution in [2.75, 3.05) is 5.32 Å². The van der Waals surface area contributed by atoms with Crippen LogP contribution in [0.15, 0.2) is 47.5 Å². The van der Waals surface area contributed by atoms with Crippen molar-refractivity contribution in [1.29, 1.82) is 0 Å². The molecule has 138 valence electrons. The lowest BCUT2D eigenvalue weighted by Crippen LogP contribution is -2.45. The molecule has 0 aliphatic carbocycles. The number of nitrogens with one attached hydrogen (secondary N) is 4.